The highest BCUT2D eigenvalue weighted by Gasteiger charge is 2.34. The molecule has 8 nitrogen and oxygen atoms in total. The number of rotatable bonds is 4. The van der Waals surface area contributed by atoms with Crippen LogP contribution in [0.3, 0.4) is 0 Å². The maximum Gasteiger partial charge on any atom is 0.341 e. The molecule has 1 unspecified atom stereocenters. The summed E-state index contributed by atoms with van der Waals surface area (Å²) in [5.41, 5.74) is 0.593. The molecule has 1 aromatic rings. The molecule has 2 heterocycles. The Kier molecular flexibility index (Phi) is 5.81. The van der Waals surface area contributed by atoms with E-state index in [1.165, 1.54) is 25.4 Å². The number of hydrogen-bond acceptors (Lipinski definition) is 7. The van der Waals surface area contributed by atoms with Crippen molar-refractivity contribution in [1.82, 2.24) is 5.32 Å². The first-order chi connectivity index (χ1) is 11.6. The second-order valence-corrected chi connectivity index (χ2v) is 7.54. The molecule has 1 aliphatic rings. The van der Waals surface area contributed by atoms with E-state index in [-0.39, 0.29) is 17.1 Å². The lowest BCUT2D eigenvalue weighted by Gasteiger charge is -2.30. The quantitative estimate of drug-likeness (QED) is 0.534. The molecule has 138 valence electrons. The van der Waals surface area contributed by atoms with Gasteiger partial charge in [-0.2, -0.15) is 0 Å². The van der Waals surface area contributed by atoms with Gasteiger partial charge in [-0.3, -0.25) is 9.59 Å². The van der Waals surface area contributed by atoms with Crippen LogP contribution in [0.1, 0.15) is 41.6 Å². The number of amides is 2. The van der Waals surface area contributed by atoms with Crippen molar-refractivity contribution in [3.8, 4) is 0 Å². The highest BCUT2D eigenvalue weighted by molar-refractivity contribution is 7.17. The SMILES string of the molecule is COC(=O)c1c(NC(=O)C(=O)NCC(C)O)sc2c1CC(C)(C)OC2. The van der Waals surface area contributed by atoms with Crippen molar-refractivity contribution in [1.29, 1.82) is 0 Å². The van der Waals surface area contributed by atoms with Crippen molar-refractivity contribution >= 4 is 34.1 Å². The maximum atomic E-state index is 12.2. The molecule has 9 heteroatoms. The fraction of sp³-hybridized carbons (Fsp3) is 0.562. The van der Waals surface area contributed by atoms with Gasteiger partial charge in [-0.15, -0.1) is 11.3 Å². The second kappa shape index (κ2) is 7.51. The number of carbonyl (C=O) groups is 3. The Bertz CT molecular complexity index is 695. The molecule has 25 heavy (non-hydrogen) atoms. The van der Waals surface area contributed by atoms with Crippen molar-refractivity contribution in [2.45, 2.75) is 45.5 Å². The lowest BCUT2D eigenvalue weighted by atomic mass is 9.93. The van der Waals surface area contributed by atoms with Gasteiger partial charge in [0.2, 0.25) is 0 Å². The number of nitrogens with one attached hydrogen (secondary N) is 2. The summed E-state index contributed by atoms with van der Waals surface area (Å²) in [6, 6.07) is 0. The number of fused-ring (bicyclic) bond motifs is 1. The van der Waals surface area contributed by atoms with Crippen LogP contribution in [-0.4, -0.2) is 48.2 Å². The van der Waals surface area contributed by atoms with Crippen molar-refractivity contribution in [2.75, 3.05) is 19.0 Å². The summed E-state index contributed by atoms with van der Waals surface area (Å²) >= 11 is 1.19. The van der Waals surface area contributed by atoms with Crippen LogP contribution in [0.15, 0.2) is 0 Å². The van der Waals surface area contributed by atoms with Crippen molar-refractivity contribution in [2.24, 2.45) is 0 Å². The van der Waals surface area contributed by atoms with Crippen molar-refractivity contribution in [3.05, 3.63) is 16.0 Å². The van der Waals surface area contributed by atoms with E-state index in [4.69, 9.17) is 14.6 Å². The van der Waals surface area contributed by atoms with Crippen LogP contribution in [0.5, 0.6) is 0 Å². The number of methoxy groups -OCH3 is 1. The van der Waals surface area contributed by atoms with E-state index in [2.05, 4.69) is 10.6 Å². The Morgan fingerprint density at radius 2 is 2.04 bits per heavy atom. The Balaban J connectivity index is 2.26. The molecule has 2 rings (SSSR count). The third-order valence-corrected chi connectivity index (χ3v) is 4.79. The standard InChI is InChI=1S/C16H22N2O6S/c1-8(19)6-17-12(20)13(21)18-14-11(15(22)23-4)9-5-16(2,3)24-7-10(9)25-14/h8,19H,5-7H2,1-4H3,(H,17,20)(H,18,21). The van der Waals surface area contributed by atoms with Crippen LogP contribution >= 0.6 is 11.3 Å². The van der Waals surface area contributed by atoms with Crippen LogP contribution in [-0.2, 0) is 32.1 Å². The van der Waals surface area contributed by atoms with E-state index >= 15 is 0 Å². The molecule has 0 spiro atoms. The third-order valence-electron chi connectivity index (χ3n) is 3.67. The minimum Gasteiger partial charge on any atom is -0.465 e. The third kappa shape index (κ3) is 4.56. The first kappa shape index (κ1) is 19.4. The van der Waals surface area contributed by atoms with Gasteiger partial charge in [0.1, 0.15) is 5.00 Å². The Labute approximate surface area is 149 Å². The molecule has 0 aliphatic carbocycles. The number of ether oxygens (including phenoxy) is 2. The Hall–Kier alpha value is -1.97. The predicted octanol–water partition coefficient (Wildman–Crippen LogP) is 0.821. The van der Waals surface area contributed by atoms with Crippen molar-refractivity contribution in [3.63, 3.8) is 0 Å². The zero-order chi connectivity index (χ0) is 18.8. The summed E-state index contributed by atoms with van der Waals surface area (Å²) in [4.78, 5) is 36.8. The molecule has 3 N–H and O–H groups in total. The summed E-state index contributed by atoms with van der Waals surface area (Å²) in [7, 11) is 1.26. The lowest BCUT2D eigenvalue weighted by molar-refractivity contribution is -0.136. The molecule has 1 atom stereocenters. The number of hydrogen-bond donors (Lipinski definition) is 3. The van der Waals surface area contributed by atoms with Crippen LogP contribution in [0.2, 0.25) is 0 Å². The highest BCUT2D eigenvalue weighted by atomic mass is 32.1. The van der Waals surface area contributed by atoms with Gasteiger partial charge in [0.25, 0.3) is 0 Å². The number of aliphatic hydroxyl groups is 1. The van der Waals surface area contributed by atoms with E-state index in [0.717, 1.165) is 10.4 Å². The average molecular weight is 370 g/mol. The molecule has 0 radical (unpaired) electrons. The molecule has 1 aliphatic heterocycles. The van der Waals surface area contributed by atoms with Gasteiger partial charge in [0, 0.05) is 17.8 Å². The van der Waals surface area contributed by atoms with E-state index in [1.807, 2.05) is 13.8 Å². The van der Waals surface area contributed by atoms with Crippen molar-refractivity contribution < 1.29 is 29.0 Å². The van der Waals surface area contributed by atoms with Crippen LogP contribution in [0, 0.1) is 0 Å². The first-order valence-electron chi connectivity index (χ1n) is 7.78. The van der Waals surface area contributed by atoms with E-state index in [9.17, 15) is 14.4 Å². The summed E-state index contributed by atoms with van der Waals surface area (Å²) in [5.74, 6) is -2.38. The molecule has 0 aromatic carbocycles. The maximum absolute atomic E-state index is 12.2. The molecule has 0 saturated heterocycles. The monoisotopic (exact) mass is 370 g/mol. The molecule has 2 amide bonds. The minimum absolute atomic E-state index is 0.0426. The van der Waals surface area contributed by atoms with Gasteiger partial charge in [-0.25, -0.2) is 4.79 Å². The summed E-state index contributed by atoms with van der Waals surface area (Å²) < 4.78 is 10.6. The fourth-order valence-electron chi connectivity index (χ4n) is 2.44. The van der Waals surface area contributed by atoms with Gasteiger partial charge < -0.3 is 25.2 Å². The molecule has 0 fully saturated rings. The van der Waals surface area contributed by atoms with Gasteiger partial charge >= 0.3 is 17.8 Å². The van der Waals surface area contributed by atoms with Gasteiger partial charge in [0.15, 0.2) is 0 Å². The van der Waals surface area contributed by atoms with Gasteiger partial charge in [0.05, 0.1) is 31.0 Å². The largest absolute Gasteiger partial charge is 0.465 e. The van der Waals surface area contributed by atoms with E-state index < -0.39 is 29.5 Å². The first-order valence-corrected chi connectivity index (χ1v) is 8.60. The summed E-state index contributed by atoms with van der Waals surface area (Å²) in [6.45, 7) is 5.59. The zero-order valence-corrected chi connectivity index (χ0v) is 15.4. The fourth-order valence-corrected chi connectivity index (χ4v) is 3.55. The molecule has 0 bridgehead atoms. The number of aliphatic hydroxyl groups excluding tert-OH is 1. The number of thiophene rings is 1. The molecule has 0 saturated carbocycles. The lowest BCUT2D eigenvalue weighted by Crippen LogP contribution is -2.39. The summed E-state index contributed by atoms with van der Waals surface area (Å²) in [5, 5.41) is 14.2. The smallest absolute Gasteiger partial charge is 0.341 e. The topological polar surface area (TPSA) is 114 Å². The van der Waals surface area contributed by atoms with Gasteiger partial charge in [-0.1, -0.05) is 0 Å². The Morgan fingerprint density at radius 1 is 1.36 bits per heavy atom. The van der Waals surface area contributed by atoms with E-state index in [0.29, 0.717) is 13.0 Å². The van der Waals surface area contributed by atoms with Crippen LogP contribution in [0.25, 0.3) is 0 Å². The number of anilines is 1. The second-order valence-electron chi connectivity index (χ2n) is 6.44. The summed E-state index contributed by atoms with van der Waals surface area (Å²) in [6.07, 6.45) is -0.274. The highest BCUT2D eigenvalue weighted by Crippen LogP contribution is 2.40. The van der Waals surface area contributed by atoms with Crippen LogP contribution < -0.4 is 10.6 Å². The van der Waals surface area contributed by atoms with Gasteiger partial charge in [-0.05, 0) is 26.3 Å². The van der Waals surface area contributed by atoms with Crippen LogP contribution in [0.4, 0.5) is 5.00 Å². The normalized spacial score (nSPS) is 16.5. The molecule has 1 aromatic heterocycles. The zero-order valence-electron chi connectivity index (χ0n) is 14.6. The average Bonchev–Trinajstić information content (AvgIpc) is 2.87. The minimum atomic E-state index is -0.912. The molecular weight excluding hydrogens is 348 g/mol. The predicted molar refractivity (Wildman–Crippen MR) is 91.6 cm³/mol. The number of esters is 1. The molecular formula is C16H22N2O6S. The number of carbonyl (C=O) groups excluding carboxylic acids is 3. The van der Waals surface area contributed by atoms with E-state index in [1.54, 1.807) is 0 Å². The Morgan fingerprint density at radius 3 is 2.64 bits per heavy atom.